The van der Waals surface area contributed by atoms with Gasteiger partial charge in [0.05, 0.1) is 22.7 Å². The molecule has 1 amide bonds. The highest BCUT2D eigenvalue weighted by Crippen LogP contribution is 2.43. The molecule has 1 aliphatic rings. The van der Waals surface area contributed by atoms with E-state index in [1.807, 2.05) is 0 Å². The molecule has 5 rings (SSSR count). The third-order valence-electron chi connectivity index (χ3n) is 5.53. The number of halogens is 2. The fraction of sp³-hybridized carbons (Fsp3) is 0.120. The molecule has 0 N–H and O–H groups in total. The molecule has 1 aliphatic heterocycles. The lowest BCUT2D eigenvalue weighted by Crippen LogP contribution is -2.29. The second-order valence-electron chi connectivity index (χ2n) is 7.74. The van der Waals surface area contributed by atoms with Crippen molar-refractivity contribution in [1.82, 2.24) is 4.98 Å². The predicted octanol–water partition coefficient (Wildman–Crippen LogP) is 5.55. The Bertz CT molecular complexity index is 1580. The molecule has 35 heavy (non-hydrogen) atoms. The molecular formula is C25H16BrFN2O5S. The van der Waals surface area contributed by atoms with Crippen molar-refractivity contribution in [2.24, 2.45) is 0 Å². The first-order valence-electron chi connectivity index (χ1n) is 10.4. The molecule has 0 radical (unpaired) electrons. The van der Waals surface area contributed by atoms with Crippen LogP contribution in [0, 0.1) is 12.7 Å². The summed E-state index contributed by atoms with van der Waals surface area (Å²) in [6.07, 6.45) is 1.45. The van der Waals surface area contributed by atoms with E-state index in [2.05, 4.69) is 27.5 Å². The minimum atomic E-state index is -0.892. The lowest BCUT2D eigenvalue weighted by atomic mass is 9.99. The van der Waals surface area contributed by atoms with Gasteiger partial charge in [-0.1, -0.05) is 52.1 Å². The quantitative estimate of drug-likeness (QED) is 0.237. The molecule has 1 unspecified atom stereocenters. The molecule has 176 valence electrons. The van der Waals surface area contributed by atoms with Crippen LogP contribution >= 0.6 is 27.3 Å². The Balaban J connectivity index is 1.72. The van der Waals surface area contributed by atoms with Crippen molar-refractivity contribution in [3.8, 4) is 0 Å². The van der Waals surface area contributed by atoms with Crippen molar-refractivity contribution in [2.75, 3.05) is 11.5 Å². The van der Waals surface area contributed by atoms with Crippen LogP contribution in [0.5, 0.6) is 0 Å². The number of carbonyl (C=O) groups excluding carboxylic acids is 2. The van der Waals surface area contributed by atoms with Crippen LogP contribution in [0.2, 0.25) is 0 Å². The SMILES string of the molecule is C=CCOC(=O)c1sc(N2C(=O)c3oc4ccc(F)cc4c(=O)c3C2c2ccc(Br)cc2)nc1C. The largest absolute Gasteiger partial charge is 0.457 e. The number of fused-ring (bicyclic) bond motifs is 2. The van der Waals surface area contributed by atoms with Crippen LogP contribution in [0.3, 0.4) is 0 Å². The zero-order chi connectivity index (χ0) is 24.9. The molecule has 0 bridgehead atoms. The average Bonchev–Trinajstić information content (AvgIpc) is 3.36. The number of nitrogens with zero attached hydrogens (tertiary/aromatic N) is 2. The maximum atomic E-state index is 13.9. The number of ether oxygens (including phenoxy) is 1. The molecular weight excluding hydrogens is 539 g/mol. The van der Waals surface area contributed by atoms with E-state index < -0.39 is 29.2 Å². The van der Waals surface area contributed by atoms with E-state index in [1.165, 1.54) is 17.0 Å². The van der Waals surface area contributed by atoms with E-state index in [-0.39, 0.29) is 38.9 Å². The zero-order valence-electron chi connectivity index (χ0n) is 18.2. The molecule has 0 aliphatic carbocycles. The summed E-state index contributed by atoms with van der Waals surface area (Å²) in [6, 6.07) is 9.77. The summed E-state index contributed by atoms with van der Waals surface area (Å²) in [7, 11) is 0. The van der Waals surface area contributed by atoms with Gasteiger partial charge < -0.3 is 9.15 Å². The third-order valence-corrected chi connectivity index (χ3v) is 7.19. The molecule has 2 aromatic carbocycles. The number of anilines is 1. The van der Waals surface area contributed by atoms with Gasteiger partial charge in [0, 0.05) is 4.47 Å². The van der Waals surface area contributed by atoms with Gasteiger partial charge in [0.1, 0.15) is 22.9 Å². The Kier molecular flexibility index (Phi) is 5.86. The second kappa shape index (κ2) is 8.86. The smallest absolute Gasteiger partial charge is 0.350 e. The molecule has 3 heterocycles. The minimum Gasteiger partial charge on any atom is -0.457 e. The van der Waals surface area contributed by atoms with Crippen LogP contribution in [-0.2, 0) is 4.74 Å². The highest BCUT2D eigenvalue weighted by atomic mass is 79.9. The summed E-state index contributed by atoms with van der Waals surface area (Å²) in [5.74, 6) is -1.92. The number of benzene rings is 2. The number of thiazole rings is 1. The van der Waals surface area contributed by atoms with Gasteiger partial charge in [-0.3, -0.25) is 14.5 Å². The maximum absolute atomic E-state index is 13.9. The average molecular weight is 555 g/mol. The van der Waals surface area contributed by atoms with Crippen molar-refractivity contribution in [2.45, 2.75) is 13.0 Å². The number of hydrogen-bond donors (Lipinski definition) is 0. The topological polar surface area (TPSA) is 89.7 Å². The summed E-state index contributed by atoms with van der Waals surface area (Å²) < 4.78 is 25.7. The van der Waals surface area contributed by atoms with Crippen molar-refractivity contribution in [1.29, 1.82) is 0 Å². The van der Waals surface area contributed by atoms with Gasteiger partial charge in [-0.2, -0.15) is 0 Å². The van der Waals surface area contributed by atoms with Gasteiger partial charge >= 0.3 is 5.97 Å². The molecule has 1 atom stereocenters. The van der Waals surface area contributed by atoms with Gasteiger partial charge in [-0.25, -0.2) is 14.2 Å². The summed E-state index contributed by atoms with van der Waals surface area (Å²) in [5.41, 5.74) is 0.669. The van der Waals surface area contributed by atoms with Crippen LogP contribution in [-0.4, -0.2) is 23.5 Å². The molecule has 0 saturated heterocycles. The fourth-order valence-electron chi connectivity index (χ4n) is 3.98. The summed E-state index contributed by atoms with van der Waals surface area (Å²) in [5, 5.41) is 0.233. The Morgan fingerprint density at radius 1 is 1.29 bits per heavy atom. The highest BCUT2D eigenvalue weighted by molar-refractivity contribution is 9.10. The maximum Gasteiger partial charge on any atom is 0.350 e. The van der Waals surface area contributed by atoms with E-state index in [4.69, 9.17) is 9.15 Å². The van der Waals surface area contributed by atoms with E-state index in [9.17, 15) is 18.8 Å². The third kappa shape index (κ3) is 3.88. The lowest BCUT2D eigenvalue weighted by molar-refractivity contribution is 0.0554. The fourth-order valence-corrected chi connectivity index (χ4v) is 5.23. The van der Waals surface area contributed by atoms with Gasteiger partial charge in [0.2, 0.25) is 5.76 Å². The number of hydrogen-bond acceptors (Lipinski definition) is 7. The van der Waals surface area contributed by atoms with E-state index in [0.717, 1.165) is 27.9 Å². The number of aromatic nitrogens is 1. The Morgan fingerprint density at radius 2 is 2.03 bits per heavy atom. The van der Waals surface area contributed by atoms with E-state index in [1.54, 1.807) is 31.2 Å². The van der Waals surface area contributed by atoms with Crippen LogP contribution < -0.4 is 10.3 Å². The molecule has 0 fully saturated rings. The molecule has 0 saturated carbocycles. The first-order valence-corrected chi connectivity index (χ1v) is 12.0. The Labute approximate surface area is 210 Å². The van der Waals surface area contributed by atoms with Gasteiger partial charge in [-0.15, -0.1) is 0 Å². The minimum absolute atomic E-state index is 0.0304. The first-order chi connectivity index (χ1) is 16.8. The predicted molar refractivity (Wildman–Crippen MR) is 133 cm³/mol. The van der Waals surface area contributed by atoms with Crippen LogP contribution in [0.15, 0.2) is 68.8 Å². The van der Waals surface area contributed by atoms with E-state index in [0.29, 0.717) is 11.3 Å². The first kappa shape index (κ1) is 23.1. The number of rotatable bonds is 5. The molecule has 4 aromatic rings. The van der Waals surface area contributed by atoms with Gasteiger partial charge in [-0.05, 0) is 42.8 Å². The van der Waals surface area contributed by atoms with Crippen LogP contribution in [0.4, 0.5) is 9.52 Å². The van der Waals surface area contributed by atoms with Crippen LogP contribution in [0.25, 0.3) is 11.0 Å². The summed E-state index contributed by atoms with van der Waals surface area (Å²) in [4.78, 5) is 45.6. The normalized spacial score (nSPS) is 14.9. The molecule has 7 nitrogen and oxygen atoms in total. The van der Waals surface area contributed by atoms with Crippen LogP contribution in [0.1, 0.15) is 43.1 Å². The Hall–Kier alpha value is -3.63. The zero-order valence-corrected chi connectivity index (χ0v) is 20.6. The second-order valence-corrected chi connectivity index (χ2v) is 9.64. The number of carbonyl (C=O) groups is 2. The monoisotopic (exact) mass is 554 g/mol. The highest BCUT2D eigenvalue weighted by Gasteiger charge is 2.45. The summed E-state index contributed by atoms with van der Waals surface area (Å²) >= 11 is 4.37. The summed E-state index contributed by atoms with van der Waals surface area (Å²) in [6.45, 7) is 5.19. The van der Waals surface area contributed by atoms with Gasteiger partial charge in [0.15, 0.2) is 10.6 Å². The number of esters is 1. The van der Waals surface area contributed by atoms with Gasteiger partial charge in [0.25, 0.3) is 5.91 Å². The number of aryl methyl sites for hydroxylation is 1. The molecule has 2 aromatic heterocycles. The molecule has 0 spiro atoms. The standard InChI is InChI=1S/C25H16BrFN2O5S/c1-3-10-33-24(32)22-12(2)28-25(35-22)29-19(13-4-6-14(26)7-5-13)18-20(30)16-11-15(27)8-9-17(16)34-21(18)23(29)31/h3-9,11,19H,1,10H2,2H3. The lowest BCUT2D eigenvalue weighted by Gasteiger charge is -2.22. The van der Waals surface area contributed by atoms with Crippen molar-refractivity contribution in [3.05, 3.63) is 103 Å². The Morgan fingerprint density at radius 3 is 2.74 bits per heavy atom. The molecule has 10 heteroatoms. The van der Waals surface area contributed by atoms with Crippen molar-refractivity contribution in [3.63, 3.8) is 0 Å². The van der Waals surface area contributed by atoms with Crippen molar-refractivity contribution >= 4 is 55.2 Å². The number of amides is 1. The van der Waals surface area contributed by atoms with E-state index >= 15 is 0 Å². The van der Waals surface area contributed by atoms with Crippen molar-refractivity contribution < 1.29 is 23.1 Å².